The molecule has 0 bridgehead atoms. The van der Waals surface area contributed by atoms with Crippen molar-refractivity contribution in [2.45, 2.75) is 38.2 Å². The number of ether oxygens (including phenoxy) is 1. The summed E-state index contributed by atoms with van der Waals surface area (Å²) in [5, 5.41) is 6.50. The Morgan fingerprint density at radius 1 is 1.57 bits per heavy atom. The van der Waals surface area contributed by atoms with Crippen molar-refractivity contribution in [1.29, 1.82) is 0 Å². The quantitative estimate of drug-likeness (QED) is 0.748. The van der Waals surface area contributed by atoms with Crippen LogP contribution in [0.4, 0.5) is 8.78 Å². The second-order valence-corrected chi connectivity index (χ2v) is 5.39. The summed E-state index contributed by atoms with van der Waals surface area (Å²) in [6.07, 6.45) is -0.256. The van der Waals surface area contributed by atoms with Gasteiger partial charge in [0.05, 0.1) is 10.7 Å². The summed E-state index contributed by atoms with van der Waals surface area (Å²) < 4.78 is 31.9. The van der Waals surface area contributed by atoms with Gasteiger partial charge in [-0.1, -0.05) is 11.6 Å². The monoisotopic (exact) mass is 321 g/mol. The van der Waals surface area contributed by atoms with Crippen LogP contribution < -0.4 is 5.32 Å². The van der Waals surface area contributed by atoms with Crippen molar-refractivity contribution in [2.24, 2.45) is 0 Å². The van der Waals surface area contributed by atoms with Gasteiger partial charge in [0.2, 0.25) is 5.91 Å². The van der Waals surface area contributed by atoms with E-state index >= 15 is 0 Å². The number of carbonyl (C=O) groups is 1. The first-order valence-electron chi connectivity index (χ1n) is 6.84. The van der Waals surface area contributed by atoms with E-state index in [-0.39, 0.29) is 23.4 Å². The van der Waals surface area contributed by atoms with Gasteiger partial charge in [-0.25, -0.2) is 8.78 Å². The van der Waals surface area contributed by atoms with E-state index in [9.17, 15) is 13.6 Å². The Morgan fingerprint density at radius 2 is 2.29 bits per heavy atom. The number of hydrogen-bond acceptors (Lipinski definition) is 3. The molecule has 2 rings (SSSR count). The van der Waals surface area contributed by atoms with Crippen LogP contribution in [0.5, 0.6) is 0 Å². The van der Waals surface area contributed by atoms with Crippen molar-refractivity contribution in [3.05, 3.63) is 16.4 Å². The Bertz CT molecular complexity index is 504. The second kappa shape index (κ2) is 7.17. The van der Waals surface area contributed by atoms with Crippen molar-refractivity contribution in [3.8, 4) is 0 Å². The number of methoxy groups -OCH3 is 1. The third-order valence-electron chi connectivity index (χ3n) is 3.27. The summed E-state index contributed by atoms with van der Waals surface area (Å²) in [6.45, 7) is 0.935. The standard InChI is InChI=1S/C13H18ClF2N3O2/c1-21-6-2-5-17-9(20)7-19-12(8-3-4-8)10(14)11(18-19)13(15)16/h8,13H,2-7H2,1H3,(H,17,20). The van der Waals surface area contributed by atoms with Crippen LogP contribution in [0.15, 0.2) is 0 Å². The molecule has 1 aromatic rings. The molecule has 0 radical (unpaired) electrons. The van der Waals surface area contributed by atoms with Crippen LogP contribution in [-0.4, -0.2) is 35.9 Å². The molecular weight excluding hydrogens is 304 g/mol. The summed E-state index contributed by atoms with van der Waals surface area (Å²) in [5.41, 5.74) is 0.116. The molecule has 0 spiro atoms. The summed E-state index contributed by atoms with van der Waals surface area (Å²) in [7, 11) is 1.58. The highest BCUT2D eigenvalue weighted by Crippen LogP contribution is 2.45. The van der Waals surface area contributed by atoms with Gasteiger partial charge in [-0.3, -0.25) is 9.48 Å². The normalized spacial score (nSPS) is 14.7. The van der Waals surface area contributed by atoms with Crippen molar-refractivity contribution in [1.82, 2.24) is 15.1 Å². The van der Waals surface area contributed by atoms with E-state index in [0.29, 0.717) is 25.3 Å². The zero-order valence-electron chi connectivity index (χ0n) is 11.7. The molecule has 0 saturated heterocycles. The predicted octanol–water partition coefficient (Wildman–Crippen LogP) is 2.50. The van der Waals surface area contributed by atoms with Crippen LogP contribution in [0.2, 0.25) is 5.02 Å². The summed E-state index contributed by atoms with van der Waals surface area (Å²) >= 11 is 5.98. The van der Waals surface area contributed by atoms with Gasteiger partial charge in [0.1, 0.15) is 12.2 Å². The highest BCUT2D eigenvalue weighted by atomic mass is 35.5. The molecule has 118 valence electrons. The molecule has 0 atom stereocenters. The summed E-state index contributed by atoms with van der Waals surface area (Å²) in [4.78, 5) is 11.8. The Balaban J connectivity index is 2.01. The van der Waals surface area contributed by atoms with Crippen LogP contribution in [-0.2, 0) is 16.1 Å². The number of amides is 1. The van der Waals surface area contributed by atoms with E-state index in [1.165, 1.54) is 4.68 Å². The van der Waals surface area contributed by atoms with E-state index in [4.69, 9.17) is 16.3 Å². The SMILES string of the molecule is COCCCNC(=O)Cn1nc(C(F)F)c(Cl)c1C1CC1. The average molecular weight is 322 g/mol. The largest absolute Gasteiger partial charge is 0.385 e. The molecular formula is C13H18ClF2N3O2. The smallest absolute Gasteiger partial charge is 0.283 e. The lowest BCUT2D eigenvalue weighted by Gasteiger charge is -2.08. The maximum Gasteiger partial charge on any atom is 0.283 e. The Morgan fingerprint density at radius 3 is 2.86 bits per heavy atom. The van der Waals surface area contributed by atoms with E-state index in [0.717, 1.165) is 12.8 Å². The van der Waals surface area contributed by atoms with Crippen molar-refractivity contribution in [3.63, 3.8) is 0 Å². The second-order valence-electron chi connectivity index (χ2n) is 5.01. The van der Waals surface area contributed by atoms with Gasteiger partial charge < -0.3 is 10.1 Å². The number of carbonyl (C=O) groups excluding carboxylic acids is 1. The van der Waals surface area contributed by atoms with E-state index in [2.05, 4.69) is 10.4 Å². The zero-order chi connectivity index (χ0) is 15.4. The summed E-state index contributed by atoms with van der Waals surface area (Å²) in [6, 6.07) is 0. The Labute approximate surface area is 126 Å². The lowest BCUT2D eigenvalue weighted by atomic mass is 10.2. The van der Waals surface area contributed by atoms with Crippen molar-refractivity contribution < 1.29 is 18.3 Å². The van der Waals surface area contributed by atoms with Crippen molar-refractivity contribution >= 4 is 17.5 Å². The van der Waals surface area contributed by atoms with Crippen LogP contribution in [0.25, 0.3) is 0 Å². The van der Waals surface area contributed by atoms with E-state index < -0.39 is 12.1 Å². The molecule has 1 heterocycles. The first-order chi connectivity index (χ1) is 10.0. The number of nitrogens with one attached hydrogen (secondary N) is 1. The van der Waals surface area contributed by atoms with Crippen LogP contribution in [0.1, 0.15) is 43.0 Å². The molecule has 1 aromatic heterocycles. The molecule has 1 fully saturated rings. The number of nitrogens with zero attached hydrogens (tertiary/aromatic N) is 2. The van der Waals surface area contributed by atoms with Gasteiger partial charge in [-0.15, -0.1) is 0 Å². The topological polar surface area (TPSA) is 56.1 Å². The fraction of sp³-hybridized carbons (Fsp3) is 0.692. The van der Waals surface area contributed by atoms with Gasteiger partial charge in [-0.05, 0) is 19.3 Å². The third kappa shape index (κ3) is 4.14. The molecule has 0 aliphatic heterocycles. The van der Waals surface area contributed by atoms with Gasteiger partial charge >= 0.3 is 0 Å². The number of aromatic nitrogens is 2. The molecule has 1 saturated carbocycles. The fourth-order valence-corrected chi connectivity index (χ4v) is 2.49. The summed E-state index contributed by atoms with van der Waals surface area (Å²) in [5.74, 6) is -0.133. The first-order valence-corrected chi connectivity index (χ1v) is 7.22. The molecule has 1 aliphatic carbocycles. The number of halogens is 3. The lowest BCUT2D eigenvalue weighted by molar-refractivity contribution is -0.121. The Kier molecular flexibility index (Phi) is 5.52. The minimum atomic E-state index is -2.74. The minimum absolute atomic E-state index is 0.000294. The molecule has 0 unspecified atom stereocenters. The zero-order valence-corrected chi connectivity index (χ0v) is 12.5. The van der Waals surface area contributed by atoms with Gasteiger partial charge in [0.15, 0.2) is 0 Å². The Hall–Kier alpha value is -1.21. The molecule has 1 N–H and O–H groups in total. The van der Waals surface area contributed by atoms with Crippen LogP contribution >= 0.6 is 11.6 Å². The fourth-order valence-electron chi connectivity index (χ4n) is 2.12. The third-order valence-corrected chi connectivity index (χ3v) is 3.66. The molecule has 5 nitrogen and oxygen atoms in total. The molecule has 0 aromatic carbocycles. The molecule has 8 heteroatoms. The van der Waals surface area contributed by atoms with E-state index in [1.807, 2.05) is 0 Å². The molecule has 1 amide bonds. The predicted molar refractivity (Wildman–Crippen MR) is 73.7 cm³/mol. The van der Waals surface area contributed by atoms with Gasteiger partial charge in [0.25, 0.3) is 6.43 Å². The number of hydrogen-bond donors (Lipinski definition) is 1. The molecule has 21 heavy (non-hydrogen) atoms. The number of alkyl halides is 2. The van der Waals surface area contributed by atoms with Crippen LogP contribution in [0, 0.1) is 0 Å². The average Bonchev–Trinajstić information content (AvgIpc) is 3.20. The lowest BCUT2D eigenvalue weighted by Crippen LogP contribution is -2.30. The first kappa shape index (κ1) is 16.2. The maximum absolute atomic E-state index is 12.9. The van der Waals surface area contributed by atoms with Gasteiger partial charge in [0, 0.05) is 26.2 Å². The maximum atomic E-state index is 12.9. The minimum Gasteiger partial charge on any atom is -0.385 e. The highest BCUT2D eigenvalue weighted by molar-refractivity contribution is 6.32. The molecule has 1 aliphatic rings. The van der Waals surface area contributed by atoms with Crippen molar-refractivity contribution in [2.75, 3.05) is 20.3 Å². The van der Waals surface area contributed by atoms with E-state index in [1.54, 1.807) is 7.11 Å². The highest BCUT2D eigenvalue weighted by Gasteiger charge is 2.34. The van der Waals surface area contributed by atoms with Crippen LogP contribution in [0.3, 0.4) is 0 Å². The van der Waals surface area contributed by atoms with Gasteiger partial charge in [-0.2, -0.15) is 5.10 Å². The number of rotatable bonds is 8.